The van der Waals surface area contributed by atoms with E-state index in [9.17, 15) is 5.11 Å². The number of imidazole rings is 1. The van der Waals surface area contributed by atoms with Gasteiger partial charge in [-0.25, -0.2) is 15.0 Å². The number of rotatable bonds is 5. The maximum absolute atomic E-state index is 10.5. The molecule has 2 aromatic rings. The van der Waals surface area contributed by atoms with Crippen LogP contribution in [0.2, 0.25) is 0 Å². The lowest BCUT2D eigenvalue weighted by atomic mass is 9.90. The van der Waals surface area contributed by atoms with E-state index in [2.05, 4.69) is 26.8 Å². The highest BCUT2D eigenvalue weighted by Gasteiger charge is 2.28. The predicted octanol–water partition coefficient (Wildman–Crippen LogP) is 1.72. The van der Waals surface area contributed by atoms with Crippen LogP contribution in [-0.4, -0.2) is 42.6 Å². The lowest BCUT2D eigenvalue weighted by Crippen LogP contribution is -2.36. The molecule has 0 radical (unpaired) electrons. The number of aryl methyl sites for hydroxylation is 2. The lowest BCUT2D eigenvalue weighted by molar-refractivity contribution is 0.0489. The minimum absolute atomic E-state index is 0.281. The molecule has 1 unspecified atom stereocenters. The van der Waals surface area contributed by atoms with Crippen molar-refractivity contribution in [3.63, 3.8) is 0 Å². The number of likely N-dealkylation sites (tertiary alicyclic amines) is 1. The van der Waals surface area contributed by atoms with Gasteiger partial charge in [0.1, 0.15) is 17.8 Å². The average molecular weight is 315 g/mol. The molecule has 1 aliphatic rings. The molecule has 0 spiro atoms. The monoisotopic (exact) mass is 315 g/mol. The molecule has 1 atom stereocenters. The van der Waals surface area contributed by atoms with Crippen LogP contribution in [-0.2, 0) is 20.0 Å². The Labute approximate surface area is 137 Å². The lowest BCUT2D eigenvalue weighted by Gasteiger charge is -2.33. The number of aromatic nitrogens is 4. The maximum atomic E-state index is 10.5. The first-order chi connectivity index (χ1) is 11.2. The number of hydrogen-bond donors (Lipinski definition) is 1. The Bertz CT molecular complexity index is 633. The van der Waals surface area contributed by atoms with Crippen LogP contribution in [0.15, 0.2) is 24.7 Å². The van der Waals surface area contributed by atoms with Crippen molar-refractivity contribution in [2.24, 2.45) is 13.0 Å². The van der Waals surface area contributed by atoms with Crippen molar-refractivity contribution in [2.75, 3.05) is 13.1 Å². The van der Waals surface area contributed by atoms with Crippen LogP contribution in [0.5, 0.6) is 0 Å². The molecule has 1 aliphatic heterocycles. The molecular formula is C17H25N5O. The van der Waals surface area contributed by atoms with E-state index in [1.807, 2.05) is 30.1 Å². The van der Waals surface area contributed by atoms with Gasteiger partial charge in [-0.1, -0.05) is 6.92 Å². The molecule has 0 bridgehead atoms. The zero-order chi connectivity index (χ0) is 16.2. The summed E-state index contributed by atoms with van der Waals surface area (Å²) in [7, 11) is 1.93. The second kappa shape index (κ2) is 7.19. The Morgan fingerprint density at radius 1 is 1.26 bits per heavy atom. The van der Waals surface area contributed by atoms with Gasteiger partial charge >= 0.3 is 0 Å². The van der Waals surface area contributed by atoms with Crippen molar-refractivity contribution in [1.29, 1.82) is 0 Å². The van der Waals surface area contributed by atoms with E-state index in [1.165, 1.54) is 0 Å². The van der Waals surface area contributed by atoms with Crippen molar-refractivity contribution >= 4 is 0 Å². The van der Waals surface area contributed by atoms with Crippen molar-refractivity contribution in [3.8, 4) is 0 Å². The second-order valence-electron chi connectivity index (χ2n) is 6.27. The quantitative estimate of drug-likeness (QED) is 0.910. The van der Waals surface area contributed by atoms with Gasteiger partial charge in [-0.2, -0.15) is 0 Å². The Morgan fingerprint density at radius 3 is 2.70 bits per heavy atom. The fourth-order valence-electron chi connectivity index (χ4n) is 3.23. The van der Waals surface area contributed by atoms with Gasteiger partial charge in [0.25, 0.3) is 0 Å². The summed E-state index contributed by atoms with van der Waals surface area (Å²) in [6.07, 6.45) is 7.84. The second-order valence-corrected chi connectivity index (χ2v) is 6.27. The van der Waals surface area contributed by atoms with Crippen molar-refractivity contribution in [3.05, 3.63) is 42.0 Å². The molecule has 6 heteroatoms. The summed E-state index contributed by atoms with van der Waals surface area (Å²) >= 11 is 0. The SMILES string of the molecule is CCc1nccc(CN2CCC(C(O)c3nccn3C)CC2)n1. The minimum Gasteiger partial charge on any atom is -0.385 e. The Balaban J connectivity index is 1.55. The maximum Gasteiger partial charge on any atom is 0.137 e. The van der Waals surface area contributed by atoms with Gasteiger partial charge in [-0.15, -0.1) is 0 Å². The molecule has 2 aromatic heterocycles. The smallest absolute Gasteiger partial charge is 0.137 e. The van der Waals surface area contributed by atoms with Crippen molar-refractivity contribution < 1.29 is 5.11 Å². The third-order valence-corrected chi connectivity index (χ3v) is 4.67. The number of hydrogen-bond acceptors (Lipinski definition) is 5. The highest BCUT2D eigenvalue weighted by atomic mass is 16.3. The van der Waals surface area contributed by atoms with Crippen LogP contribution >= 0.6 is 0 Å². The summed E-state index contributed by atoms with van der Waals surface area (Å²) in [6.45, 7) is 4.90. The molecule has 23 heavy (non-hydrogen) atoms. The first kappa shape index (κ1) is 16.1. The van der Waals surface area contributed by atoms with Crippen molar-refractivity contribution in [2.45, 2.75) is 38.8 Å². The van der Waals surface area contributed by atoms with Gasteiger partial charge in [0, 0.05) is 38.6 Å². The summed E-state index contributed by atoms with van der Waals surface area (Å²) in [5.74, 6) is 1.96. The van der Waals surface area contributed by atoms with Crippen LogP contribution in [0, 0.1) is 5.92 Å². The highest BCUT2D eigenvalue weighted by molar-refractivity contribution is 5.03. The van der Waals surface area contributed by atoms with Crippen LogP contribution in [0.3, 0.4) is 0 Å². The Hall–Kier alpha value is -1.79. The zero-order valence-electron chi connectivity index (χ0n) is 13.9. The van der Waals surface area contributed by atoms with E-state index in [4.69, 9.17) is 0 Å². The fraction of sp³-hybridized carbons (Fsp3) is 0.588. The molecule has 0 aliphatic carbocycles. The summed E-state index contributed by atoms with van der Waals surface area (Å²) < 4.78 is 1.91. The summed E-state index contributed by atoms with van der Waals surface area (Å²) in [6, 6.07) is 1.99. The van der Waals surface area contributed by atoms with Gasteiger partial charge in [-0.05, 0) is 37.9 Å². The molecule has 3 rings (SSSR count). The standard InChI is InChI=1S/C17H25N5O/c1-3-15-18-7-4-14(20-15)12-22-9-5-13(6-10-22)16(23)17-19-8-11-21(17)2/h4,7-8,11,13,16,23H,3,5-6,9-10,12H2,1-2H3. The van der Waals surface area contributed by atoms with E-state index in [0.29, 0.717) is 0 Å². The normalized spacial score (nSPS) is 18.2. The molecule has 124 valence electrons. The number of aliphatic hydroxyl groups is 1. The number of piperidine rings is 1. The van der Waals surface area contributed by atoms with E-state index >= 15 is 0 Å². The topological polar surface area (TPSA) is 67.1 Å². The summed E-state index contributed by atoms with van der Waals surface area (Å²) in [5, 5.41) is 10.5. The third kappa shape index (κ3) is 3.76. The predicted molar refractivity (Wildman–Crippen MR) is 87.6 cm³/mol. The Kier molecular flexibility index (Phi) is 5.03. The van der Waals surface area contributed by atoms with Gasteiger partial charge in [0.05, 0.1) is 5.69 Å². The minimum atomic E-state index is -0.470. The summed E-state index contributed by atoms with van der Waals surface area (Å²) in [4.78, 5) is 15.5. The number of aliphatic hydroxyl groups excluding tert-OH is 1. The van der Waals surface area contributed by atoms with Crippen LogP contribution in [0.1, 0.15) is 43.2 Å². The third-order valence-electron chi connectivity index (χ3n) is 4.67. The van der Waals surface area contributed by atoms with Gasteiger partial charge < -0.3 is 9.67 Å². The highest BCUT2D eigenvalue weighted by Crippen LogP contribution is 2.30. The molecular weight excluding hydrogens is 290 g/mol. The first-order valence-corrected chi connectivity index (χ1v) is 8.35. The first-order valence-electron chi connectivity index (χ1n) is 8.35. The molecule has 0 amide bonds. The van der Waals surface area contributed by atoms with Gasteiger partial charge in [0.15, 0.2) is 0 Å². The fourth-order valence-corrected chi connectivity index (χ4v) is 3.23. The molecule has 3 heterocycles. The van der Waals surface area contributed by atoms with E-state index in [-0.39, 0.29) is 5.92 Å². The number of nitrogens with zero attached hydrogens (tertiary/aromatic N) is 5. The van der Waals surface area contributed by atoms with Crippen LogP contribution in [0.4, 0.5) is 0 Å². The van der Waals surface area contributed by atoms with E-state index in [1.54, 1.807) is 6.20 Å². The molecule has 0 saturated carbocycles. The zero-order valence-corrected chi connectivity index (χ0v) is 13.9. The molecule has 6 nitrogen and oxygen atoms in total. The summed E-state index contributed by atoms with van der Waals surface area (Å²) in [5.41, 5.74) is 1.08. The molecule has 1 fully saturated rings. The van der Waals surface area contributed by atoms with Gasteiger partial charge in [-0.3, -0.25) is 4.90 Å². The largest absolute Gasteiger partial charge is 0.385 e. The molecule has 1 N–H and O–H groups in total. The van der Waals surface area contributed by atoms with Crippen LogP contribution < -0.4 is 0 Å². The average Bonchev–Trinajstić information content (AvgIpc) is 3.01. The van der Waals surface area contributed by atoms with E-state index < -0.39 is 6.10 Å². The van der Waals surface area contributed by atoms with Crippen molar-refractivity contribution in [1.82, 2.24) is 24.4 Å². The van der Waals surface area contributed by atoms with Gasteiger partial charge in [0.2, 0.25) is 0 Å². The Morgan fingerprint density at radius 2 is 2.04 bits per heavy atom. The van der Waals surface area contributed by atoms with E-state index in [0.717, 1.165) is 56.2 Å². The molecule has 1 saturated heterocycles. The molecule has 0 aromatic carbocycles. The van der Waals surface area contributed by atoms with Crippen LogP contribution in [0.25, 0.3) is 0 Å².